The van der Waals surface area contributed by atoms with Crippen LogP contribution in [0.3, 0.4) is 0 Å². The number of aromatic amines is 1. The maximum absolute atomic E-state index is 12.2. The second-order valence-corrected chi connectivity index (χ2v) is 6.07. The van der Waals surface area contributed by atoms with E-state index in [4.69, 9.17) is 11.6 Å². The molecule has 24 heavy (non-hydrogen) atoms. The number of nitro benzene ring substituents is 1. The molecule has 8 nitrogen and oxygen atoms in total. The van der Waals surface area contributed by atoms with Crippen molar-refractivity contribution in [2.75, 3.05) is 5.32 Å². The van der Waals surface area contributed by atoms with Gasteiger partial charge in [-0.3, -0.25) is 20.0 Å². The van der Waals surface area contributed by atoms with E-state index < -0.39 is 22.3 Å². The zero-order valence-corrected chi connectivity index (χ0v) is 13.4. The van der Waals surface area contributed by atoms with Crippen LogP contribution in [-0.2, 0) is 24.1 Å². The minimum Gasteiger partial charge on any atom is -0.501 e. The van der Waals surface area contributed by atoms with Crippen molar-refractivity contribution in [2.45, 2.75) is 32.1 Å². The molecular formula is C15H15ClN4O4. The number of benzene rings is 1. The highest BCUT2D eigenvalue weighted by molar-refractivity contribution is 6.31. The highest BCUT2D eigenvalue weighted by Crippen LogP contribution is 2.37. The molecule has 0 radical (unpaired) electrons. The zero-order chi connectivity index (χ0) is 17.3. The molecule has 0 fully saturated rings. The number of anilines is 1. The van der Waals surface area contributed by atoms with Crippen molar-refractivity contribution in [3.63, 3.8) is 0 Å². The molecule has 1 heterocycles. The number of aromatic nitrogens is 2. The van der Waals surface area contributed by atoms with Crippen molar-refractivity contribution in [1.82, 2.24) is 10.2 Å². The number of nitrogens with zero attached hydrogens (tertiary/aromatic N) is 2. The lowest BCUT2D eigenvalue weighted by molar-refractivity contribution is -0.385. The summed E-state index contributed by atoms with van der Waals surface area (Å²) in [5, 5.41) is 30.4. The number of carbonyl (C=O) groups is 1. The standard InChI is InChI=1S/C15H15ClN4O4/c16-8-5-12(15(22)13(6-8)20(23)24)17-14(21)7-11-9-3-1-2-4-10(9)18-19-11/h5-6,22H,1-4,7H2,(H,17,21)(H,18,19). The van der Waals surface area contributed by atoms with Gasteiger partial charge in [-0.05, 0) is 37.3 Å². The number of aromatic hydroxyl groups is 1. The Hall–Kier alpha value is -2.61. The average molecular weight is 351 g/mol. The van der Waals surface area contributed by atoms with Crippen molar-refractivity contribution in [3.8, 4) is 5.75 Å². The van der Waals surface area contributed by atoms with E-state index in [1.165, 1.54) is 6.07 Å². The molecule has 3 rings (SSSR count). The van der Waals surface area contributed by atoms with E-state index in [0.717, 1.165) is 43.0 Å². The average Bonchev–Trinajstić information content (AvgIpc) is 2.93. The van der Waals surface area contributed by atoms with Crippen LogP contribution in [0, 0.1) is 10.1 Å². The molecule has 0 spiro atoms. The normalized spacial score (nSPS) is 13.4. The smallest absolute Gasteiger partial charge is 0.314 e. The number of phenolic OH excluding ortho intramolecular Hbond substituents is 1. The van der Waals surface area contributed by atoms with Crippen LogP contribution >= 0.6 is 11.6 Å². The maximum atomic E-state index is 12.2. The first-order chi connectivity index (χ1) is 11.5. The Labute approximate surface area is 142 Å². The van der Waals surface area contributed by atoms with Crippen LogP contribution in [0.5, 0.6) is 5.75 Å². The number of rotatable bonds is 4. The van der Waals surface area contributed by atoms with E-state index in [1.807, 2.05) is 0 Å². The molecule has 2 aromatic rings. The fraction of sp³-hybridized carbons (Fsp3) is 0.333. The van der Waals surface area contributed by atoms with E-state index in [1.54, 1.807) is 0 Å². The molecule has 0 unspecified atom stereocenters. The summed E-state index contributed by atoms with van der Waals surface area (Å²) < 4.78 is 0. The molecule has 9 heteroatoms. The Morgan fingerprint density at radius 2 is 2.17 bits per heavy atom. The number of H-pyrrole nitrogens is 1. The Balaban J connectivity index is 1.78. The number of halogens is 1. The molecule has 0 aliphatic heterocycles. The van der Waals surface area contributed by atoms with E-state index >= 15 is 0 Å². The second-order valence-electron chi connectivity index (χ2n) is 5.64. The summed E-state index contributed by atoms with van der Waals surface area (Å²) in [4.78, 5) is 22.3. The third-order valence-electron chi connectivity index (χ3n) is 4.00. The predicted molar refractivity (Wildman–Crippen MR) is 87.3 cm³/mol. The van der Waals surface area contributed by atoms with Gasteiger partial charge in [-0.2, -0.15) is 5.10 Å². The first-order valence-electron chi connectivity index (χ1n) is 7.47. The van der Waals surface area contributed by atoms with Crippen molar-refractivity contribution >= 4 is 28.9 Å². The minimum absolute atomic E-state index is 0.0194. The topological polar surface area (TPSA) is 121 Å². The first-order valence-corrected chi connectivity index (χ1v) is 7.85. The van der Waals surface area contributed by atoms with Gasteiger partial charge >= 0.3 is 5.69 Å². The molecule has 0 saturated heterocycles. The van der Waals surface area contributed by atoms with Crippen LogP contribution in [0.4, 0.5) is 11.4 Å². The van der Waals surface area contributed by atoms with E-state index in [2.05, 4.69) is 15.5 Å². The van der Waals surface area contributed by atoms with Crippen LogP contribution in [0.25, 0.3) is 0 Å². The summed E-state index contributed by atoms with van der Waals surface area (Å²) in [7, 11) is 0. The van der Waals surface area contributed by atoms with Gasteiger partial charge < -0.3 is 10.4 Å². The monoisotopic (exact) mass is 350 g/mol. The lowest BCUT2D eigenvalue weighted by Crippen LogP contribution is -2.16. The number of phenols is 1. The molecule has 1 aromatic heterocycles. The van der Waals surface area contributed by atoms with Crippen molar-refractivity contribution in [1.29, 1.82) is 0 Å². The lowest BCUT2D eigenvalue weighted by atomic mass is 9.95. The SMILES string of the molecule is O=C(Cc1n[nH]c2c1CCCC2)Nc1cc(Cl)cc([N+](=O)[O-])c1O. The predicted octanol–water partition coefficient (Wildman–Crippen LogP) is 2.74. The maximum Gasteiger partial charge on any atom is 0.314 e. The molecule has 1 amide bonds. The summed E-state index contributed by atoms with van der Waals surface area (Å²) in [6, 6.07) is 2.29. The quantitative estimate of drug-likeness (QED) is 0.444. The second kappa shape index (κ2) is 6.48. The van der Waals surface area contributed by atoms with Gasteiger partial charge in [-0.15, -0.1) is 0 Å². The Morgan fingerprint density at radius 1 is 1.42 bits per heavy atom. The van der Waals surface area contributed by atoms with Gasteiger partial charge in [0, 0.05) is 16.8 Å². The van der Waals surface area contributed by atoms with Crippen LogP contribution in [-0.4, -0.2) is 26.1 Å². The number of carbonyl (C=O) groups excluding carboxylic acids is 1. The van der Waals surface area contributed by atoms with Crippen LogP contribution in [0.2, 0.25) is 5.02 Å². The molecule has 126 valence electrons. The van der Waals surface area contributed by atoms with Gasteiger partial charge in [0.1, 0.15) is 0 Å². The molecule has 1 aliphatic rings. The molecule has 1 aromatic carbocycles. The van der Waals surface area contributed by atoms with Gasteiger partial charge in [-0.25, -0.2) is 0 Å². The molecule has 0 saturated carbocycles. The van der Waals surface area contributed by atoms with Crippen molar-refractivity contribution in [3.05, 3.63) is 44.2 Å². The molecule has 3 N–H and O–H groups in total. The molecule has 0 bridgehead atoms. The van der Waals surface area contributed by atoms with E-state index in [9.17, 15) is 20.0 Å². The lowest BCUT2D eigenvalue weighted by Gasteiger charge is -2.11. The van der Waals surface area contributed by atoms with Crippen LogP contribution in [0.15, 0.2) is 12.1 Å². The molecule has 0 atom stereocenters. The third kappa shape index (κ3) is 3.18. The molecular weight excluding hydrogens is 336 g/mol. The van der Waals surface area contributed by atoms with E-state index in [-0.39, 0.29) is 17.1 Å². The van der Waals surface area contributed by atoms with Crippen LogP contribution in [0.1, 0.15) is 29.8 Å². The number of hydrogen-bond donors (Lipinski definition) is 3. The van der Waals surface area contributed by atoms with Gasteiger partial charge in [-0.1, -0.05) is 11.6 Å². The third-order valence-corrected chi connectivity index (χ3v) is 4.21. The number of nitro groups is 1. The zero-order valence-electron chi connectivity index (χ0n) is 12.6. The van der Waals surface area contributed by atoms with Crippen molar-refractivity contribution in [2.24, 2.45) is 0 Å². The fourth-order valence-electron chi connectivity index (χ4n) is 2.86. The van der Waals surface area contributed by atoms with E-state index in [0.29, 0.717) is 5.69 Å². The highest BCUT2D eigenvalue weighted by Gasteiger charge is 2.22. The molecule has 1 aliphatic carbocycles. The Kier molecular flexibility index (Phi) is 4.39. The van der Waals surface area contributed by atoms with Gasteiger partial charge in [0.05, 0.1) is 22.7 Å². The number of hydrogen-bond acceptors (Lipinski definition) is 5. The number of amides is 1. The summed E-state index contributed by atoms with van der Waals surface area (Å²) >= 11 is 5.80. The number of nitrogens with one attached hydrogen (secondary N) is 2. The highest BCUT2D eigenvalue weighted by atomic mass is 35.5. The van der Waals surface area contributed by atoms with Gasteiger partial charge in [0.15, 0.2) is 0 Å². The Bertz CT molecular complexity index is 818. The summed E-state index contributed by atoms with van der Waals surface area (Å²) in [5.74, 6) is -1.05. The Morgan fingerprint density at radius 3 is 2.92 bits per heavy atom. The summed E-state index contributed by atoms with van der Waals surface area (Å²) in [6.07, 6.45) is 3.97. The summed E-state index contributed by atoms with van der Waals surface area (Å²) in [5.41, 5.74) is 2.14. The number of aryl methyl sites for hydroxylation is 1. The van der Waals surface area contributed by atoms with Crippen LogP contribution < -0.4 is 5.32 Å². The number of fused-ring (bicyclic) bond motifs is 1. The van der Waals surface area contributed by atoms with Gasteiger partial charge in [0.2, 0.25) is 11.7 Å². The fourth-order valence-corrected chi connectivity index (χ4v) is 3.07. The van der Waals surface area contributed by atoms with Gasteiger partial charge in [0.25, 0.3) is 0 Å². The largest absolute Gasteiger partial charge is 0.501 e. The summed E-state index contributed by atoms with van der Waals surface area (Å²) in [6.45, 7) is 0. The first kappa shape index (κ1) is 16.3. The van der Waals surface area contributed by atoms with Crippen molar-refractivity contribution < 1.29 is 14.8 Å². The minimum atomic E-state index is -0.763.